The van der Waals surface area contributed by atoms with Gasteiger partial charge in [-0.15, -0.1) is 0 Å². The fourth-order valence-corrected chi connectivity index (χ4v) is 1.48. The quantitative estimate of drug-likeness (QED) is 0.709. The van der Waals surface area contributed by atoms with E-state index in [0.717, 1.165) is 11.1 Å². The van der Waals surface area contributed by atoms with Gasteiger partial charge in [-0.1, -0.05) is 48.5 Å². The molecule has 74 valence electrons. The van der Waals surface area contributed by atoms with Gasteiger partial charge in [0.05, 0.1) is 0 Å². The van der Waals surface area contributed by atoms with Crippen LogP contribution in [0.1, 0.15) is 0 Å². The zero-order chi connectivity index (χ0) is 10.5. The summed E-state index contributed by atoms with van der Waals surface area (Å²) in [4.78, 5) is 10.3. The van der Waals surface area contributed by atoms with Gasteiger partial charge in [0.1, 0.15) is 5.75 Å². The van der Waals surface area contributed by atoms with E-state index in [4.69, 9.17) is 4.74 Å². The van der Waals surface area contributed by atoms with Crippen molar-refractivity contribution in [3.8, 4) is 16.9 Å². The van der Waals surface area contributed by atoms with Gasteiger partial charge in [0.2, 0.25) is 0 Å². The fourth-order valence-electron chi connectivity index (χ4n) is 1.48. The van der Waals surface area contributed by atoms with Crippen LogP contribution >= 0.6 is 0 Å². The van der Waals surface area contributed by atoms with Crippen LogP contribution in [0.25, 0.3) is 11.1 Å². The first-order chi connectivity index (χ1) is 7.42. The molecule has 0 amide bonds. The molecule has 2 aromatic rings. The van der Waals surface area contributed by atoms with E-state index < -0.39 is 0 Å². The van der Waals surface area contributed by atoms with Gasteiger partial charge in [0.25, 0.3) is 6.47 Å². The number of para-hydroxylation sites is 1. The first-order valence-electron chi connectivity index (χ1n) is 4.66. The molecule has 0 aliphatic rings. The Bertz CT molecular complexity index is 449. The third-order valence-electron chi connectivity index (χ3n) is 2.15. The van der Waals surface area contributed by atoms with Crippen molar-refractivity contribution in [2.24, 2.45) is 0 Å². The van der Waals surface area contributed by atoms with E-state index in [1.807, 2.05) is 48.5 Å². The van der Waals surface area contributed by atoms with E-state index in [0.29, 0.717) is 12.2 Å². The Morgan fingerprint density at radius 2 is 1.53 bits per heavy atom. The first kappa shape index (κ1) is 9.46. The molecule has 0 aliphatic carbocycles. The number of hydrogen-bond donors (Lipinski definition) is 0. The van der Waals surface area contributed by atoms with Crippen LogP contribution in [-0.2, 0) is 4.79 Å². The summed E-state index contributed by atoms with van der Waals surface area (Å²) >= 11 is 0. The third kappa shape index (κ3) is 2.05. The van der Waals surface area contributed by atoms with Gasteiger partial charge in [-0.2, -0.15) is 0 Å². The minimum Gasteiger partial charge on any atom is -0.428 e. The van der Waals surface area contributed by atoms with Crippen LogP contribution in [0.3, 0.4) is 0 Å². The first-order valence-corrected chi connectivity index (χ1v) is 4.66. The van der Waals surface area contributed by atoms with Crippen LogP contribution in [0.5, 0.6) is 5.75 Å². The monoisotopic (exact) mass is 198 g/mol. The second kappa shape index (κ2) is 4.42. The van der Waals surface area contributed by atoms with E-state index in [2.05, 4.69) is 0 Å². The number of ether oxygens (including phenoxy) is 1. The van der Waals surface area contributed by atoms with Crippen LogP contribution in [0.15, 0.2) is 54.6 Å². The molecule has 0 bridgehead atoms. The SMILES string of the molecule is O=COc1ccccc1-c1ccccc1. The molecule has 0 N–H and O–H groups in total. The van der Waals surface area contributed by atoms with Gasteiger partial charge in [0, 0.05) is 5.56 Å². The summed E-state index contributed by atoms with van der Waals surface area (Å²) in [6.45, 7) is 0.446. The van der Waals surface area contributed by atoms with Crippen molar-refractivity contribution in [2.45, 2.75) is 0 Å². The maximum absolute atomic E-state index is 10.3. The number of carbonyl (C=O) groups excluding carboxylic acids is 1. The van der Waals surface area contributed by atoms with Gasteiger partial charge >= 0.3 is 0 Å². The molecule has 2 heteroatoms. The van der Waals surface area contributed by atoms with Crippen LogP contribution in [-0.4, -0.2) is 6.47 Å². The Kier molecular flexibility index (Phi) is 2.79. The Labute approximate surface area is 88.1 Å². The molecular weight excluding hydrogens is 188 g/mol. The van der Waals surface area contributed by atoms with Crippen LogP contribution in [0.4, 0.5) is 0 Å². The lowest BCUT2D eigenvalue weighted by molar-refractivity contribution is -0.120. The summed E-state index contributed by atoms with van der Waals surface area (Å²) in [5.74, 6) is 0.582. The topological polar surface area (TPSA) is 26.3 Å². The normalized spacial score (nSPS) is 9.60. The summed E-state index contributed by atoms with van der Waals surface area (Å²) in [6, 6.07) is 17.3. The number of hydrogen-bond acceptors (Lipinski definition) is 2. The predicted octanol–water partition coefficient (Wildman–Crippen LogP) is 2.89. The van der Waals surface area contributed by atoms with Crippen molar-refractivity contribution in [3.63, 3.8) is 0 Å². The van der Waals surface area contributed by atoms with E-state index in [1.54, 1.807) is 6.07 Å². The van der Waals surface area contributed by atoms with Gasteiger partial charge in [-0.3, -0.25) is 4.79 Å². The maximum atomic E-state index is 10.3. The minimum absolute atomic E-state index is 0.446. The Morgan fingerprint density at radius 3 is 2.27 bits per heavy atom. The van der Waals surface area contributed by atoms with Gasteiger partial charge < -0.3 is 4.74 Å². The summed E-state index contributed by atoms with van der Waals surface area (Å²) < 4.78 is 4.91. The molecule has 15 heavy (non-hydrogen) atoms. The average Bonchev–Trinajstić information content (AvgIpc) is 2.31. The predicted molar refractivity (Wildman–Crippen MR) is 58.6 cm³/mol. The minimum atomic E-state index is 0.446. The second-order valence-electron chi connectivity index (χ2n) is 3.08. The van der Waals surface area contributed by atoms with E-state index in [9.17, 15) is 4.79 Å². The molecule has 0 fully saturated rings. The maximum Gasteiger partial charge on any atom is 0.298 e. The number of rotatable bonds is 3. The Balaban J connectivity index is 2.48. The largest absolute Gasteiger partial charge is 0.428 e. The van der Waals surface area contributed by atoms with Crippen molar-refractivity contribution in [1.29, 1.82) is 0 Å². The van der Waals surface area contributed by atoms with Gasteiger partial charge in [-0.25, -0.2) is 0 Å². The van der Waals surface area contributed by atoms with Crippen molar-refractivity contribution in [1.82, 2.24) is 0 Å². The molecule has 2 aromatic carbocycles. The molecule has 0 aliphatic heterocycles. The summed E-state index contributed by atoms with van der Waals surface area (Å²) in [5, 5.41) is 0. The number of benzene rings is 2. The second-order valence-corrected chi connectivity index (χ2v) is 3.08. The lowest BCUT2D eigenvalue weighted by Gasteiger charge is -2.06. The van der Waals surface area contributed by atoms with E-state index in [-0.39, 0.29) is 0 Å². The lowest BCUT2D eigenvalue weighted by atomic mass is 10.1. The summed E-state index contributed by atoms with van der Waals surface area (Å²) in [5.41, 5.74) is 1.96. The van der Waals surface area contributed by atoms with Crippen molar-refractivity contribution >= 4 is 6.47 Å². The van der Waals surface area contributed by atoms with Crippen LogP contribution < -0.4 is 4.74 Å². The fraction of sp³-hybridized carbons (Fsp3) is 0. The lowest BCUT2D eigenvalue weighted by Crippen LogP contribution is -1.91. The van der Waals surface area contributed by atoms with Crippen LogP contribution in [0.2, 0.25) is 0 Å². The molecule has 0 atom stereocenters. The molecule has 0 heterocycles. The highest BCUT2D eigenvalue weighted by molar-refractivity contribution is 5.71. The zero-order valence-electron chi connectivity index (χ0n) is 8.09. The zero-order valence-corrected chi connectivity index (χ0v) is 8.09. The molecule has 0 saturated carbocycles. The van der Waals surface area contributed by atoms with E-state index >= 15 is 0 Å². The molecule has 0 unspecified atom stereocenters. The van der Waals surface area contributed by atoms with Crippen LogP contribution in [0, 0.1) is 0 Å². The Hall–Kier alpha value is -2.09. The van der Waals surface area contributed by atoms with E-state index in [1.165, 1.54) is 0 Å². The standard InChI is InChI=1S/C13H10O2/c14-10-15-13-9-5-4-8-12(13)11-6-2-1-3-7-11/h1-10H. The average molecular weight is 198 g/mol. The molecule has 0 aromatic heterocycles. The van der Waals surface area contributed by atoms with Gasteiger partial charge in [0.15, 0.2) is 0 Å². The summed E-state index contributed by atoms with van der Waals surface area (Å²) in [7, 11) is 0. The molecule has 0 spiro atoms. The highest BCUT2D eigenvalue weighted by Gasteiger charge is 2.03. The molecule has 0 radical (unpaired) electrons. The van der Waals surface area contributed by atoms with Crippen molar-refractivity contribution < 1.29 is 9.53 Å². The highest BCUT2D eigenvalue weighted by atomic mass is 16.5. The highest BCUT2D eigenvalue weighted by Crippen LogP contribution is 2.28. The third-order valence-corrected chi connectivity index (χ3v) is 2.15. The number of carbonyl (C=O) groups is 1. The summed E-state index contributed by atoms with van der Waals surface area (Å²) in [6.07, 6.45) is 0. The molecule has 2 rings (SSSR count). The van der Waals surface area contributed by atoms with Gasteiger partial charge in [-0.05, 0) is 11.6 Å². The molecule has 0 saturated heterocycles. The molecular formula is C13H10O2. The van der Waals surface area contributed by atoms with Crippen molar-refractivity contribution in [2.75, 3.05) is 0 Å². The molecule has 2 nitrogen and oxygen atoms in total. The Morgan fingerprint density at radius 1 is 0.867 bits per heavy atom. The smallest absolute Gasteiger partial charge is 0.298 e. The van der Waals surface area contributed by atoms with Crippen molar-refractivity contribution in [3.05, 3.63) is 54.6 Å².